The number of β-amino-alcohol motifs (C(OH)–C–C–N with tert-alkyl or cyclic N) is 1. The first-order valence-electron chi connectivity index (χ1n) is 39.9. The number of piperazine rings is 3. The molecule has 27 heteroatoms. The fraction of sp³-hybridized carbons (Fsp3) is 0.412. The van der Waals surface area contributed by atoms with Crippen molar-refractivity contribution in [3.05, 3.63) is 192 Å². The van der Waals surface area contributed by atoms with Crippen molar-refractivity contribution in [3.8, 4) is 67.5 Å². The summed E-state index contributed by atoms with van der Waals surface area (Å²) in [7, 11) is 8.02. The number of benzene rings is 3. The second kappa shape index (κ2) is 34.6. The van der Waals surface area contributed by atoms with E-state index in [0.29, 0.717) is 35.6 Å². The largest absolute Gasteiger partial charge is 0.395 e. The molecule has 3 aliphatic heterocycles. The Labute approximate surface area is 655 Å². The molecule has 0 bridgehead atoms. The highest BCUT2D eigenvalue weighted by Gasteiger charge is 2.34. The maximum absolute atomic E-state index is 9.14. The summed E-state index contributed by atoms with van der Waals surface area (Å²) in [6.45, 7) is 27.8. The summed E-state index contributed by atoms with van der Waals surface area (Å²) in [5.74, 6) is 5.01. The van der Waals surface area contributed by atoms with Crippen LogP contribution >= 0.6 is 0 Å². The number of methoxy groups -OCH3 is 1. The summed E-state index contributed by atoms with van der Waals surface area (Å²) in [6.07, 6.45) is 19.3. The summed E-state index contributed by atoms with van der Waals surface area (Å²) >= 11 is 0. The monoisotopic (exact) mass is 1510 g/mol. The van der Waals surface area contributed by atoms with Gasteiger partial charge in [-0.1, -0.05) is 112 Å². The van der Waals surface area contributed by atoms with Gasteiger partial charge in [0.1, 0.15) is 0 Å². The number of anilines is 6. The van der Waals surface area contributed by atoms with E-state index in [-0.39, 0.29) is 6.61 Å². The third kappa shape index (κ3) is 17.1. The molecule has 3 saturated heterocycles. The van der Waals surface area contributed by atoms with Crippen molar-refractivity contribution in [1.29, 1.82) is 0 Å². The van der Waals surface area contributed by atoms with Crippen LogP contribution in [0.4, 0.5) is 35.3 Å². The Bertz CT molecular complexity index is 5120. The Morgan fingerprint density at radius 2 is 0.786 bits per heavy atom. The van der Waals surface area contributed by atoms with Crippen molar-refractivity contribution in [2.24, 2.45) is 21.1 Å². The van der Waals surface area contributed by atoms with Crippen LogP contribution in [0.25, 0.3) is 67.5 Å². The zero-order chi connectivity index (χ0) is 76.6. The van der Waals surface area contributed by atoms with Crippen LogP contribution in [-0.2, 0) is 64.8 Å². The molecular weight excluding hydrogens is 1400 g/mol. The van der Waals surface area contributed by atoms with E-state index in [1.165, 1.54) is 55.9 Å². The number of fused-ring (bicyclic) bond motifs is 9. The number of aliphatic hydroxyl groups is 1. The Morgan fingerprint density at radius 3 is 1.19 bits per heavy atom. The van der Waals surface area contributed by atoms with Gasteiger partial charge in [-0.05, 0) is 59.3 Å². The molecule has 0 radical (unpaired) electrons. The van der Waals surface area contributed by atoms with Crippen LogP contribution in [0.2, 0.25) is 0 Å². The number of nitrogens with one attached hydrogen (secondary N) is 4. The lowest BCUT2D eigenvalue weighted by Crippen LogP contribution is -2.47. The molecule has 0 amide bonds. The number of rotatable bonds is 23. The van der Waals surface area contributed by atoms with Crippen LogP contribution in [-0.4, -0.2) is 239 Å². The number of nitrogens with zero attached hydrogens (tertiary/aromatic N) is 21. The van der Waals surface area contributed by atoms with Gasteiger partial charge in [0.25, 0.3) is 0 Å². The van der Waals surface area contributed by atoms with Crippen molar-refractivity contribution in [1.82, 2.24) is 108 Å². The van der Waals surface area contributed by atoms with Gasteiger partial charge in [0, 0.05) is 246 Å². The molecule has 0 spiro atoms. The standard InChI is InChI=1S/C29H37N9O.C29H36N8O.C27H32N8/c1-21-19-24-26(28(35(2)33-24)22-7-5-4-6-8-22)27-23(21)20-30-29(32-27)31-25-9-10-38(34-25)16-15-36-11-13-37(14-12-36)17-18-39-3;1-21-18-23-20-34(2)28(22-6-4-3-5-7-22)26(23)27-24(21)19-30-29(32-27)31-25-8-9-37(33-25)15-14-35-10-12-36(13-11-35)16-17-38;1-19-16-21-18-33(2)26(20-6-4-3-5-7-20)24(21)25-22(19)17-29-27(31-25)30-23-8-11-35(32-23)15-14-34-12-9-28-10-13-34/h4-10,20-21H,11-19H2,1-3H3,(H,30,31,32,34);3-9,19-21,38H,10-18H2,1-2H3,(H,30,31,32,33);3-8,11,17-19,28H,9-10,12-16H2,1-2H3,(H,29,30,31,32)/t2*21-;19-/m111/s1. The molecule has 9 aromatic heterocycles. The molecule has 582 valence electrons. The van der Waals surface area contributed by atoms with Gasteiger partial charge in [-0.2, -0.15) is 20.4 Å². The zero-order valence-corrected chi connectivity index (χ0v) is 65.7. The highest BCUT2D eigenvalue weighted by Crippen LogP contribution is 2.48. The normalized spacial score (nSPS) is 17.7. The molecule has 12 aromatic rings. The molecule has 27 nitrogen and oxygen atoms in total. The predicted molar refractivity (Wildman–Crippen MR) is 440 cm³/mol. The molecule has 18 rings (SSSR count). The van der Waals surface area contributed by atoms with E-state index in [2.05, 4.69) is 202 Å². The van der Waals surface area contributed by atoms with Crippen LogP contribution in [0.1, 0.15) is 72.0 Å². The Kier molecular flexibility index (Phi) is 23.3. The second-order valence-electron chi connectivity index (χ2n) is 30.6. The van der Waals surface area contributed by atoms with Gasteiger partial charge in [0.05, 0.1) is 72.7 Å². The minimum Gasteiger partial charge on any atom is -0.395 e. The minimum atomic E-state index is 0.233. The van der Waals surface area contributed by atoms with E-state index in [1.54, 1.807) is 7.11 Å². The van der Waals surface area contributed by atoms with Crippen LogP contribution in [0.5, 0.6) is 0 Å². The fourth-order valence-corrected chi connectivity index (χ4v) is 16.8. The average Bonchev–Trinajstić information content (AvgIpc) is 1.61. The topological polar surface area (TPSA) is 252 Å². The quantitative estimate of drug-likeness (QED) is 0.0399. The van der Waals surface area contributed by atoms with E-state index in [9.17, 15) is 0 Å². The van der Waals surface area contributed by atoms with Gasteiger partial charge >= 0.3 is 0 Å². The van der Waals surface area contributed by atoms with E-state index in [1.807, 2.05) is 87.2 Å². The Morgan fingerprint density at radius 1 is 0.420 bits per heavy atom. The molecule has 0 saturated carbocycles. The summed E-state index contributed by atoms with van der Waals surface area (Å²) in [5.41, 5.74) is 20.9. The lowest BCUT2D eigenvalue weighted by atomic mass is 9.83. The molecule has 3 fully saturated rings. The number of hydrogen-bond acceptors (Lipinski definition) is 21. The molecule has 3 aromatic carbocycles. The average molecular weight is 1510 g/mol. The van der Waals surface area contributed by atoms with Gasteiger partial charge in [0.2, 0.25) is 17.8 Å². The van der Waals surface area contributed by atoms with Gasteiger partial charge in [0.15, 0.2) is 17.5 Å². The van der Waals surface area contributed by atoms with Crippen LogP contribution in [0.15, 0.2) is 159 Å². The van der Waals surface area contributed by atoms with Crippen molar-refractivity contribution in [2.75, 3.05) is 148 Å². The first-order valence-corrected chi connectivity index (χ1v) is 39.9. The van der Waals surface area contributed by atoms with E-state index in [0.717, 1.165) is 219 Å². The molecule has 12 heterocycles. The van der Waals surface area contributed by atoms with E-state index >= 15 is 0 Å². The number of aromatic nitrogens is 16. The molecule has 3 aliphatic carbocycles. The first-order chi connectivity index (χ1) is 54.8. The zero-order valence-electron chi connectivity index (χ0n) is 65.7. The molecule has 6 aliphatic rings. The molecule has 112 heavy (non-hydrogen) atoms. The van der Waals surface area contributed by atoms with Crippen LogP contribution in [0, 0.1) is 0 Å². The Balaban J connectivity index is 0.000000127. The van der Waals surface area contributed by atoms with Crippen molar-refractivity contribution >= 4 is 35.3 Å². The van der Waals surface area contributed by atoms with Gasteiger partial charge < -0.3 is 40.2 Å². The van der Waals surface area contributed by atoms with Crippen LogP contribution < -0.4 is 21.3 Å². The van der Waals surface area contributed by atoms with Gasteiger partial charge in [-0.15, -0.1) is 0 Å². The lowest BCUT2D eigenvalue weighted by molar-refractivity contribution is 0.0948. The van der Waals surface area contributed by atoms with Crippen molar-refractivity contribution < 1.29 is 9.84 Å². The van der Waals surface area contributed by atoms with Gasteiger partial charge in [-0.3, -0.25) is 43.2 Å². The SMILES string of the molecule is COCCN1CCN(CCn2ccc(Nc3ncc4c(n3)-c3c(nn(C)c3-c3ccccc3)C[C@H]4C)n2)CC1.C[C@@H]1Cc2cn(C)c(-c3ccccc3)c2-c2nc(Nc3ccn(CCN4CCN(CCO)CC4)n3)ncc21.C[C@@H]1Cc2cn(C)c(-c3ccccc3)c2-c2nc(Nc3ccn(CCN4CCNCC4)n3)ncc21. The maximum atomic E-state index is 9.14. The third-order valence-electron chi connectivity index (χ3n) is 22.8. The third-order valence-corrected chi connectivity index (χ3v) is 22.8. The number of aliphatic hydroxyl groups excluding tert-OH is 1. The fourth-order valence-electron chi connectivity index (χ4n) is 16.8. The molecule has 3 atom stereocenters. The summed E-state index contributed by atoms with van der Waals surface area (Å²) in [5, 5.41) is 41.6. The highest BCUT2D eigenvalue weighted by atomic mass is 16.5. The summed E-state index contributed by atoms with van der Waals surface area (Å²) < 4.78 is 17.6. The highest BCUT2D eigenvalue weighted by molar-refractivity contribution is 5.88. The Hall–Kier alpha value is -10.6. The lowest BCUT2D eigenvalue weighted by Gasteiger charge is -2.34. The van der Waals surface area contributed by atoms with E-state index < -0.39 is 0 Å². The second-order valence-corrected chi connectivity index (χ2v) is 30.6. The first kappa shape index (κ1) is 75.4. The van der Waals surface area contributed by atoms with Crippen LogP contribution in [0.3, 0.4) is 0 Å². The smallest absolute Gasteiger partial charge is 0.228 e. The summed E-state index contributed by atoms with van der Waals surface area (Å²) in [6, 6.07) is 37.5. The van der Waals surface area contributed by atoms with E-state index in [4.69, 9.17) is 45.2 Å². The van der Waals surface area contributed by atoms with Crippen molar-refractivity contribution in [3.63, 3.8) is 0 Å². The predicted octanol–water partition coefficient (Wildman–Crippen LogP) is 10.4. The van der Waals surface area contributed by atoms with Gasteiger partial charge in [-0.25, -0.2) is 29.9 Å². The molecule has 0 unspecified atom stereocenters. The molecular formula is C85H105N25O2. The minimum absolute atomic E-state index is 0.233. The van der Waals surface area contributed by atoms with Crippen molar-refractivity contribution in [2.45, 2.75) is 77.4 Å². The number of ether oxygens (including phenoxy) is 1. The molecule has 5 N–H and O–H groups in total. The number of hydrogen-bond donors (Lipinski definition) is 5. The maximum Gasteiger partial charge on any atom is 0.228 e. The number of aryl methyl sites for hydroxylation is 3. The summed E-state index contributed by atoms with van der Waals surface area (Å²) in [4.78, 5) is 41.3.